The fourth-order valence-corrected chi connectivity index (χ4v) is 1.52. The lowest BCUT2D eigenvalue weighted by molar-refractivity contribution is 0.179. The summed E-state index contributed by atoms with van der Waals surface area (Å²) in [6, 6.07) is 16.9. The molecular formula is C17H15NO3. The lowest BCUT2D eigenvalue weighted by Crippen LogP contribution is -1.98. The first-order valence-electron chi connectivity index (χ1n) is 6.41. The molecule has 2 aromatic carbocycles. The van der Waals surface area contributed by atoms with Gasteiger partial charge in [-0.05, 0) is 36.4 Å². The third-order valence-corrected chi connectivity index (χ3v) is 2.42. The first-order valence-corrected chi connectivity index (χ1v) is 6.41. The number of hydrogen-bond acceptors (Lipinski definition) is 4. The van der Waals surface area contributed by atoms with E-state index >= 15 is 0 Å². The van der Waals surface area contributed by atoms with Crippen molar-refractivity contribution in [3.05, 3.63) is 54.6 Å². The number of oxime groups is 1. The van der Waals surface area contributed by atoms with Crippen LogP contribution in [-0.4, -0.2) is 19.4 Å². The molecule has 0 aromatic heterocycles. The van der Waals surface area contributed by atoms with Crippen molar-refractivity contribution in [2.24, 2.45) is 5.16 Å². The molecule has 0 saturated heterocycles. The highest BCUT2D eigenvalue weighted by Gasteiger charge is 1.97. The predicted octanol–water partition coefficient (Wildman–Crippen LogP) is 3.49. The molecule has 0 amide bonds. The third-order valence-electron chi connectivity index (χ3n) is 2.42. The van der Waals surface area contributed by atoms with Crippen LogP contribution >= 0.6 is 0 Å². The zero-order chi connectivity index (χ0) is 14.8. The average Bonchev–Trinajstić information content (AvgIpc) is 2.53. The van der Waals surface area contributed by atoms with Crippen LogP contribution in [0.5, 0.6) is 17.2 Å². The molecule has 0 saturated carbocycles. The molecule has 0 aliphatic carbocycles. The van der Waals surface area contributed by atoms with Crippen LogP contribution in [0.15, 0.2) is 59.8 Å². The maximum absolute atomic E-state index is 5.68. The number of ether oxygens (including phenoxy) is 2. The van der Waals surface area contributed by atoms with Crippen LogP contribution in [0.2, 0.25) is 0 Å². The van der Waals surface area contributed by atoms with Crippen LogP contribution in [0.25, 0.3) is 0 Å². The Morgan fingerprint density at radius 2 is 1.62 bits per heavy atom. The molecule has 0 aliphatic rings. The number of benzene rings is 2. The molecule has 4 heteroatoms. The van der Waals surface area contributed by atoms with Gasteiger partial charge in [0.05, 0.1) is 6.21 Å². The summed E-state index contributed by atoms with van der Waals surface area (Å²) in [6.45, 7) is 0.464. The van der Waals surface area contributed by atoms with E-state index in [1.165, 1.54) is 6.21 Å². The van der Waals surface area contributed by atoms with Gasteiger partial charge in [0.25, 0.3) is 0 Å². The zero-order valence-electron chi connectivity index (χ0n) is 11.4. The highest BCUT2D eigenvalue weighted by atomic mass is 16.6. The Hall–Kier alpha value is -2.93. The molecule has 2 rings (SSSR count). The number of terminal acetylenes is 1. The van der Waals surface area contributed by atoms with E-state index in [1.807, 2.05) is 54.6 Å². The van der Waals surface area contributed by atoms with E-state index in [-0.39, 0.29) is 6.61 Å². The van der Waals surface area contributed by atoms with Gasteiger partial charge < -0.3 is 14.3 Å². The molecule has 0 N–H and O–H groups in total. The highest BCUT2D eigenvalue weighted by molar-refractivity contribution is 5.58. The summed E-state index contributed by atoms with van der Waals surface area (Å²) in [6.07, 6.45) is 6.52. The summed E-state index contributed by atoms with van der Waals surface area (Å²) in [7, 11) is 0. The van der Waals surface area contributed by atoms with Crippen molar-refractivity contribution in [3.63, 3.8) is 0 Å². The minimum absolute atomic E-state index is 0.155. The second-order valence-corrected chi connectivity index (χ2v) is 3.96. The first-order chi connectivity index (χ1) is 10.4. The van der Waals surface area contributed by atoms with Gasteiger partial charge >= 0.3 is 0 Å². The van der Waals surface area contributed by atoms with Gasteiger partial charge in [0.2, 0.25) is 0 Å². The SMILES string of the molecule is C#CCON=CCOc1ccc(Oc2ccccc2)cc1. The Balaban J connectivity index is 1.79. The van der Waals surface area contributed by atoms with Crippen LogP contribution in [0.3, 0.4) is 0 Å². The molecule has 4 nitrogen and oxygen atoms in total. The molecule has 0 radical (unpaired) electrons. The Labute approximate surface area is 124 Å². The van der Waals surface area contributed by atoms with E-state index in [4.69, 9.17) is 20.7 Å². The standard InChI is InChI=1S/C17H15NO3/c1-2-13-20-18-12-14-19-15-8-10-17(11-9-15)21-16-6-4-3-5-7-16/h1,3-12H,13-14H2. The van der Waals surface area contributed by atoms with Crippen LogP contribution in [0.1, 0.15) is 0 Å². The van der Waals surface area contributed by atoms with Gasteiger partial charge in [-0.3, -0.25) is 0 Å². The lowest BCUT2D eigenvalue weighted by atomic mass is 10.3. The molecule has 2 aromatic rings. The molecule has 21 heavy (non-hydrogen) atoms. The van der Waals surface area contributed by atoms with Crippen LogP contribution in [0, 0.1) is 12.3 Å². The quantitative estimate of drug-likeness (QED) is 0.337. The summed E-state index contributed by atoms with van der Waals surface area (Å²) >= 11 is 0. The van der Waals surface area contributed by atoms with E-state index in [9.17, 15) is 0 Å². The van der Waals surface area contributed by atoms with Crippen molar-refractivity contribution < 1.29 is 14.3 Å². The molecule has 0 unspecified atom stereocenters. The second-order valence-electron chi connectivity index (χ2n) is 3.96. The Morgan fingerprint density at radius 3 is 2.33 bits per heavy atom. The van der Waals surface area contributed by atoms with Crippen molar-refractivity contribution in [1.82, 2.24) is 0 Å². The summed E-state index contributed by atoms with van der Waals surface area (Å²) < 4.78 is 11.1. The number of nitrogens with zero attached hydrogens (tertiary/aromatic N) is 1. The molecule has 106 valence electrons. The van der Waals surface area contributed by atoms with Gasteiger partial charge in [0.15, 0.2) is 6.61 Å². The topological polar surface area (TPSA) is 40.0 Å². The van der Waals surface area contributed by atoms with E-state index < -0.39 is 0 Å². The van der Waals surface area contributed by atoms with Crippen molar-refractivity contribution >= 4 is 6.21 Å². The van der Waals surface area contributed by atoms with E-state index in [2.05, 4.69) is 11.1 Å². The summed E-state index contributed by atoms with van der Waals surface area (Å²) in [5.74, 6) is 4.58. The van der Waals surface area contributed by atoms with Crippen LogP contribution in [0.4, 0.5) is 0 Å². The fourth-order valence-electron chi connectivity index (χ4n) is 1.52. The van der Waals surface area contributed by atoms with Gasteiger partial charge in [-0.25, -0.2) is 0 Å². The second kappa shape index (κ2) is 8.28. The molecule has 0 spiro atoms. The highest BCUT2D eigenvalue weighted by Crippen LogP contribution is 2.23. The first kappa shape index (κ1) is 14.5. The summed E-state index contributed by atoms with van der Waals surface area (Å²) in [5.41, 5.74) is 0. The molecule has 0 bridgehead atoms. The molecule has 0 fully saturated rings. The van der Waals surface area contributed by atoms with Gasteiger partial charge in [-0.2, -0.15) is 0 Å². The Kier molecular flexibility index (Phi) is 5.71. The third kappa shape index (κ3) is 5.29. The van der Waals surface area contributed by atoms with Gasteiger partial charge in [0.1, 0.15) is 23.9 Å². The molecule has 0 aliphatic heterocycles. The van der Waals surface area contributed by atoms with E-state index in [0.717, 1.165) is 17.2 Å². The van der Waals surface area contributed by atoms with Crippen molar-refractivity contribution in [2.75, 3.05) is 13.2 Å². The van der Waals surface area contributed by atoms with Crippen LogP contribution < -0.4 is 9.47 Å². The zero-order valence-corrected chi connectivity index (χ0v) is 11.4. The summed E-state index contributed by atoms with van der Waals surface area (Å²) in [4.78, 5) is 4.74. The lowest BCUT2D eigenvalue weighted by Gasteiger charge is -2.07. The Morgan fingerprint density at radius 1 is 0.952 bits per heavy atom. The Bertz CT molecular complexity index is 600. The number of para-hydroxylation sites is 1. The monoisotopic (exact) mass is 281 g/mol. The normalized spacial score (nSPS) is 10.0. The van der Waals surface area contributed by atoms with E-state index in [0.29, 0.717) is 6.61 Å². The number of hydrogen-bond donors (Lipinski definition) is 0. The molecular weight excluding hydrogens is 266 g/mol. The number of rotatable bonds is 7. The van der Waals surface area contributed by atoms with Crippen LogP contribution in [-0.2, 0) is 4.84 Å². The van der Waals surface area contributed by atoms with Gasteiger partial charge in [-0.1, -0.05) is 29.3 Å². The van der Waals surface area contributed by atoms with Crippen molar-refractivity contribution in [3.8, 4) is 29.6 Å². The average molecular weight is 281 g/mol. The van der Waals surface area contributed by atoms with E-state index in [1.54, 1.807) is 0 Å². The largest absolute Gasteiger partial charge is 0.488 e. The maximum atomic E-state index is 5.68. The summed E-state index contributed by atoms with van der Waals surface area (Å²) in [5, 5.41) is 3.63. The van der Waals surface area contributed by atoms with Gasteiger partial charge in [-0.15, -0.1) is 6.42 Å². The van der Waals surface area contributed by atoms with Gasteiger partial charge in [0, 0.05) is 0 Å². The van der Waals surface area contributed by atoms with Crippen molar-refractivity contribution in [2.45, 2.75) is 0 Å². The minimum atomic E-state index is 0.155. The predicted molar refractivity (Wildman–Crippen MR) is 81.7 cm³/mol. The van der Waals surface area contributed by atoms with Crippen molar-refractivity contribution in [1.29, 1.82) is 0 Å². The maximum Gasteiger partial charge on any atom is 0.177 e. The fraction of sp³-hybridized carbons (Fsp3) is 0.118. The minimum Gasteiger partial charge on any atom is -0.488 e. The molecule has 0 atom stereocenters. The smallest absolute Gasteiger partial charge is 0.177 e. The molecule has 0 heterocycles.